The molecule has 0 amide bonds. The molecule has 0 N–H and O–H groups in total. The van der Waals surface area contributed by atoms with E-state index in [1.54, 1.807) is 7.11 Å². The van der Waals surface area contributed by atoms with Crippen molar-refractivity contribution in [3.05, 3.63) is 35.4 Å². The smallest absolute Gasteiger partial charge is 0.264 e. The van der Waals surface area contributed by atoms with Crippen LogP contribution in [-0.2, 0) is 24.6 Å². The van der Waals surface area contributed by atoms with Crippen LogP contribution in [0, 0.1) is 6.92 Å². The van der Waals surface area contributed by atoms with Gasteiger partial charge in [0, 0.05) is 7.11 Å². The van der Waals surface area contributed by atoms with Crippen molar-refractivity contribution in [3.63, 3.8) is 0 Å². The lowest BCUT2D eigenvalue weighted by molar-refractivity contribution is -0.0641. The lowest BCUT2D eigenvalue weighted by Gasteiger charge is -2.39. The Morgan fingerprint density at radius 2 is 1.70 bits per heavy atom. The molecule has 0 heterocycles. The first-order valence-corrected chi connectivity index (χ1v) is 8.67. The number of hydrogen-bond acceptors (Lipinski definition) is 4. The van der Waals surface area contributed by atoms with Crippen molar-refractivity contribution >= 4 is 10.1 Å². The van der Waals surface area contributed by atoms with Gasteiger partial charge in [0.15, 0.2) is 0 Å². The molecule has 1 saturated carbocycles. The molecule has 20 heavy (non-hydrogen) atoms. The Morgan fingerprint density at radius 1 is 1.15 bits per heavy atom. The first-order chi connectivity index (χ1) is 9.35. The second-order valence-corrected chi connectivity index (χ2v) is 7.16. The third kappa shape index (κ3) is 3.59. The second-order valence-electron chi connectivity index (χ2n) is 5.56. The molecule has 1 aromatic rings. The molecule has 1 fully saturated rings. The van der Waals surface area contributed by atoms with Crippen LogP contribution in [0.15, 0.2) is 24.3 Å². The van der Waals surface area contributed by atoms with Crippen LogP contribution >= 0.6 is 0 Å². The maximum atomic E-state index is 11.2. The lowest BCUT2D eigenvalue weighted by atomic mass is 9.78. The van der Waals surface area contributed by atoms with Gasteiger partial charge < -0.3 is 4.74 Å². The van der Waals surface area contributed by atoms with Crippen molar-refractivity contribution in [1.82, 2.24) is 0 Å². The number of methoxy groups -OCH3 is 1. The Morgan fingerprint density at radius 3 is 2.15 bits per heavy atom. The van der Waals surface area contributed by atoms with E-state index in [0.717, 1.165) is 24.7 Å². The molecule has 0 atom stereocenters. The van der Waals surface area contributed by atoms with E-state index in [4.69, 9.17) is 8.92 Å². The number of hydrogen-bond donors (Lipinski definition) is 0. The van der Waals surface area contributed by atoms with Gasteiger partial charge >= 0.3 is 0 Å². The Hall–Kier alpha value is -0.910. The number of rotatable bonds is 4. The van der Waals surface area contributed by atoms with E-state index in [2.05, 4.69) is 31.2 Å². The Kier molecular flexibility index (Phi) is 4.52. The van der Waals surface area contributed by atoms with Crippen LogP contribution in [-0.4, -0.2) is 27.9 Å². The fourth-order valence-electron chi connectivity index (χ4n) is 2.87. The molecule has 0 spiro atoms. The molecule has 1 aromatic carbocycles. The molecule has 2 rings (SSSR count). The maximum Gasteiger partial charge on any atom is 0.264 e. The normalized spacial score (nSPS) is 27.4. The van der Waals surface area contributed by atoms with Crippen molar-refractivity contribution in [2.45, 2.75) is 44.3 Å². The average Bonchev–Trinajstić information content (AvgIpc) is 2.39. The number of aryl methyl sites for hydroxylation is 1. The molecule has 0 saturated heterocycles. The quantitative estimate of drug-likeness (QED) is 0.802. The van der Waals surface area contributed by atoms with Gasteiger partial charge in [0.05, 0.1) is 18.0 Å². The van der Waals surface area contributed by atoms with E-state index in [9.17, 15) is 8.42 Å². The van der Waals surface area contributed by atoms with Gasteiger partial charge in [0.1, 0.15) is 0 Å². The third-order valence-corrected chi connectivity index (χ3v) is 4.64. The fourth-order valence-corrected chi connectivity index (χ4v) is 3.56. The summed E-state index contributed by atoms with van der Waals surface area (Å²) in [6.45, 7) is 2.06. The Labute approximate surface area is 121 Å². The van der Waals surface area contributed by atoms with Crippen molar-refractivity contribution in [1.29, 1.82) is 0 Å². The predicted octanol–water partition coefficient (Wildman–Crippen LogP) is 2.76. The van der Waals surface area contributed by atoms with E-state index in [-0.39, 0.29) is 11.7 Å². The van der Waals surface area contributed by atoms with Crippen LogP contribution in [0.5, 0.6) is 0 Å². The molecule has 5 heteroatoms. The second kappa shape index (κ2) is 5.84. The van der Waals surface area contributed by atoms with Crippen molar-refractivity contribution < 1.29 is 17.3 Å². The maximum absolute atomic E-state index is 11.2. The van der Waals surface area contributed by atoms with Crippen LogP contribution in [0.2, 0.25) is 0 Å². The van der Waals surface area contributed by atoms with Crippen LogP contribution in [0.3, 0.4) is 0 Å². The summed E-state index contributed by atoms with van der Waals surface area (Å²) >= 11 is 0. The van der Waals surface area contributed by atoms with E-state index in [0.29, 0.717) is 12.8 Å². The topological polar surface area (TPSA) is 52.6 Å². The van der Waals surface area contributed by atoms with Gasteiger partial charge in [-0.3, -0.25) is 4.18 Å². The van der Waals surface area contributed by atoms with Crippen LogP contribution < -0.4 is 0 Å². The van der Waals surface area contributed by atoms with Gasteiger partial charge in [-0.05, 0) is 38.2 Å². The van der Waals surface area contributed by atoms with Crippen molar-refractivity contribution in [2.24, 2.45) is 0 Å². The van der Waals surface area contributed by atoms with Crippen LogP contribution in [0.25, 0.3) is 0 Å². The van der Waals surface area contributed by atoms with Crippen LogP contribution in [0.1, 0.15) is 36.8 Å². The summed E-state index contributed by atoms with van der Waals surface area (Å²) in [4.78, 5) is 0. The zero-order valence-electron chi connectivity index (χ0n) is 12.3. The highest BCUT2D eigenvalue weighted by Gasteiger charge is 2.38. The van der Waals surface area contributed by atoms with Crippen molar-refractivity contribution in [3.8, 4) is 0 Å². The molecule has 0 aliphatic heterocycles. The monoisotopic (exact) mass is 298 g/mol. The SMILES string of the molecule is COC1(c2ccc(C)cc2)CCC(OS(C)(=O)=O)CC1. The zero-order chi connectivity index (χ0) is 14.8. The molecule has 1 aliphatic rings. The molecule has 4 nitrogen and oxygen atoms in total. The lowest BCUT2D eigenvalue weighted by Crippen LogP contribution is -2.36. The van der Waals surface area contributed by atoms with Crippen LogP contribution in [0.4, 0.5) is 0 Å². The molecular weight excluding hydrogens is 276 g/mol. The summed E-state index contributed by atoms with van der Waals surface area (Å²) in [5.74, 6) is 0. The molecule has 112 valence electrons. The van der Waals surface area contributed by atoms with E-state index in [1.165, 1.54) is 5.56 Å². The van der Waals surface area contributed by atoms with Gasteiger partial charge in [0.2, 0.25) is 0 Å². The molecule has 0 radical (unpaired) electrons. The minimum Gasteiger partial charge on any atom is -0.374 e. The Bertz CT molecular complexity index is 540. The number of ether oxygens (including phenoxy) is 1. The highest BCUT2D eigenvalue weighted by atomic mass is 32.2. The summed E-state index contributed by atoms with van der Waals surface area (Å²) in [6.07, 6.45) is 3.80. The standard InChI is InChI=1S/C15H22O4S/c1-12-4-6-13(7-5-12)15(18-2)10-8-14(9-11-15)19-20(3,16)17/h4-7,14H,8-11H2,1-3H3. The van der Waals surface area contributed by atoms with E-state index in [1.807, 2.05) is 0 Å². The minimum atomic E-state index is -3.38. The minimum absolute atomic E-state index is 0.223. The molecule has 0 bridgehead atoms. The van der Waals surface area contributed by atoms with E-state index >= 15 is 0 Å². The van der Waals surface area contributed by atoms with E-state index < -0.39 is 10.1 Å². The molecule has 0 aromatic heterocycles. The van der Waals surface area contributed by atoms with Crippen molar-refractivity contribution in [2.75, 3.05) is 13.4 Å². The first-order valence-electron chi connectivity index (χ1n) is 6.85. The molecule has 1 aliphatic carbocycles. The molecule has 0 unspecified atom stereocenters. The molecular formula is C15H22O4S. The highest BCUT2D eigenvalue weighted by Crippen LogP contribution is 2.41. The zero-order valence-corrected chi connectivity index (χ0v) is 13.1. The summed E-state index contributed by atoms with van der Waals surface area (Å²) in [7, 11) is -1.66. The highest BCUT2D eigenvalue weighted by molar-refractivity contribution is 7.86. The van der Waals surface area contributed by atoms with Gasteiger partial charge in [-0.1, -0.05) is 29.8 Å². The number of benzene rings is 1. The van der Waals surface area contributed by atoms with Gasteiger partial charge in [-0.2, -0.15) is 8.42 Å². The average molecular weight is 298 g/mol. The predicted molar refractivity (Wildman–Crippen MR) is 78.1 cm³/mol. The third-order valence-electron chi connectivity index (χ3n) is 4.02. The first kappa shape index (κ1) is 15.5. The summed E-state index contributed by atoms with van der Waals surface area (Å²) < 4.78 is 33.2. The summed E-state index contributed by atoms with van der Waals surface area (Å²) in [5.41, 5.74) is 2.06. The fraction of sp³-hybridized carbons (Fsp3) is 0.600. The Balaban J connectivity index is 2.10. The van der Waals surface area contributed by atoms with Gasteiger partial charge in [-0.25, -0.2) is 0 Å². The van der Waals surface area contributed by atoms with Gasteiger partial charge in [-0.15, -0.1) is 0 Å². The summed E-state index contributed by atoms with van der Waals surface area (Å²) in [5, 5.41) is 0. The summed E-state index contributed by atoms with van der Waals surface area (Å²) in [6, 6.07) is 8.34. The van der Waals surface area contributed by atoms with Gasteiger partial charge in [0.25, 0.3) is 10.1 Å². The largest absolute Gasteiger partial charge is 0.374 e.